The molecule has 1 aliphatic heterocycles. The molecular formula is C25H35N3O3S. The molecule has 32 heavy (non-hydrogen) atoms. The quantitative estimate of drug-likeness (QED) is 0.655. The van der Waals surface area contributed by atoms with E-state index in [9.17, 15) is 13.2 Å². The van der Waals surface area contributed by atoms with Crippen LogP contribution in [0.15, 0.2) is 42.5 Å². The number of hydrogen-bond acceptors (Lipinski definition) is 4. The van der Waals surface area contributed by atoms with Crippen LogP contribution in [-0.2, 0) is 27.9 Å². The maximum absolute atomic E-state index is 13.0. The lowest BCUT2D eigenvalue weighted by atomic mass is 10.0. The summed E-state index contributed by atoms with van der Waals surface area (Å²) in [6, 6.07) is 12.9. The fourth-order valence-electron chi connectivity index (χ4n) is 4.46. The van der Waals surface area contributed by atoms with Gasteiger partial charge in [0.15, 0.2) is 0 Å². The Morgan fingerprint density at radius 3 is 2.22 bits per heavy atom. The number of hydrogen-bond donors (Lipinski definition) is 1. The molecule has 7 heteroatoms. The predicted octanol–water partition coefficient (Wildman–Crippen LogP) is 3.76. The molecule has 3 rings (SSSR count). The van der Waals surface area contributed by atoms with Gasteiger partial charge in [-0.15, -0.1) is 0 Å². The molecule has 1 atom stereocenters. The van der Waals surface area contributed by atoms with E-state index in [1.165, 1.54) is 29.1 Å². The molecule has 0 bridgehead atoms. The molecule has 0 spiro atoms. The monoisotopic (exact) mass is 457 g/mol. The van der Waals surface area contributed by atoms with Gasteiger partial charge in [0.25, 0.3) is 0 Å². The van der Waals surface area contributed by atoms with Crippen LogP contribution in [0.5, 0.6) is 0 Å². The number of carbonyl (C=O) groups is 1. The van der Waals surface area contributed by atoms with Crippen LogP contribution in [0.3, 0.4) is 0 Å². The standard InChI is InChI=1S/C25H35N3O3S/c1-19-14-20(2)16-24(15-19)28(32(4,30)31)21(3)25(29)26-17-22-10-6-7-11-23(22)18-27-12-8-5-9-13-27/h6-7,10-11,14-16,21H,5,8-9,12-13,17-18H2,1-4H3,(H,26,29)/t21-/m1/s1. The number of anilines is 1. The van der Waals surface area contributed by atoms with E-state index in [1.807, 2.05) is 38.1 Å². The number of likely N-dealkylation sites (tertiary alicyclic amines) is 1. The lowest BCUT2D eigenvalue weighted by Crippen LogP contribution is -2.47. The molecule has 0 unspecified atom stereocenters. The zero-order valence-corrected chi connectivity index (χ0v) is 20.4. The van der Waals surface area contributed by atoms with E-state index in [2.05, 4.69) is 16.3 Å². The van der Waals surface area contributed by atoms with Crippen molar-refractivity contribution in [1.82, 2.24) is 10.2 Å². The minimum Gasteiger partial charge on any atom is -0.350 e. The summed E-state index contributed by atoms with van der Waals surface area (Å²) >= 11 is 0. The van der Waals surface area contributed by atoms with Crippen molar-refractivity contribution in [2.75, 3.05) is 23.7 Å². The second kappa shape index (κ2) is 10.5. The molecule has 2 aromatic rings. The fourth-order valence-corrected chi connectivity index (χ4v) is 5.62. The van der Waals surface area contributed by atoms with E-state index in [0.29, 0.717) is 12.2 Å². The highest BCUT2D eigenvalue weighted by atomic mass is 32.2. The number of piperidine rings is 1. The summed E-state index contributed by atoms with van der Waals surface area (Å²) in [6.45, 7) is 8.93. The van der Waals surface area contributed by atoms with Crippen LogP contribution < -0.4 is 9.62 Å². The van der Waals surface area contributed by atoms with E-state index >= 15 is 0 Å². The molecule has 174 valence electrons. The van der Waals surface area contributed by atoms with Gasteiger partial charge >= 0.3 is 0 Å². The Morgan fingerprint density at radius 1 is 1.03 bits per heavy atom. The zero-order chi connectivity index (χ0) is 23.3. The molecule has 0 aliphatic carbocycles. The van der Waals surface area contributed by atoms with Crippen LogP contribution in [0, 0.1) is 13.8 Å². The van der Waals surface area contributed by atoms with E-state index in [-0.39, 0.29) is 5.91 Å². The number of rotatable bonds is 8. The molecule has 0 saturated carbocycles. The first-order valence-electron chi connectivity index (χ1n) is 11.3. The van der Waals surface area contributed by atoms with Crippen molar-refractivity contribution < 1.29 is 13.2 Å². The first-order valence-corrected chi connectivity index (χ1v) is 13.1. The molecule has 0 aromatic heterocycles. The molecule has 1 N–H and O–H groups in total. The van der Waals surface area contributed by atoms with Crippen LogP contribution in [0.1, 0.15) is 48.4 Å². The van der Waals surface area contributed by atoms with Crippen molar-refractivity contribution in [3.8, 4) is 0 Å². The highest BCUT2D eigenvalue weighted by Gasteiger charge is 2.29. The average Bonchev–Trinajstić information content (AvgIpc) is 2.72. The molecule has 1 aliphatic rings. The van der Waals surface area contributed by atoms with Gasteiger partial charge in [-0.05, 0) is 81.1 Å². The maximum Gasteiger partial charge on any atom is 0.243 e. The Balaban J connectivity index is 1.73. The van der Waals surface area contributed by atoms with E-state index in [1.54, 1.807) is 19.1 Å². The second-order valence-corrected chi connectivity index (χ2v) is 10.8. The van der Waals surface area contributed by atoms with Crippen LogP contribution in [0.2, 0.25) is 0 Å². The topological polar surface area (TPSA) is 69.7 Å². The summed E-state index contributed by atoms with van der Waals surface area (Å²) in [7, 11) is -3.64. The number of nitrogens with zero attached hydrogens (tertiary/aromatic N) is 2. The van der Waals surface area contributed by atoms with Crippen LogP contribution in [0.25, 0.3) is 0 Å². The molecule has 1 amide bonds. The van der Waals surface area contributed by atoms with Crippen LogP contribution >= 0.6 is 0 Å². The Labute approximate surface area is 192 Å². The predicted molar refractivity (Wildman–Crippen MR) is 130 cm³/mol. The molecule has 0 radical (unpaired) electrons. The van der Waals surface area contributed by atoms with Crippen molar-refractivity contribution >= 4 is 21.6 Å². The molecule has 1 heterocycles. The Kier molecular flexibility index (Phi) is 7.96. The lowest BCUT2D eigenvalue weighted by molar-refractivity contribution is -0.122. The highest BCUT2D eigenvalue weighted by molar-refractivity contribution is 7.92. The summed E-state index contributed by atoms with van der Waals surface area (Å²) in [4.78, 5) is 15.5. The summed E-state index contributed by atoms with van der Waals surface area (Å²) in [6.07, 6.45) is 4.90. The number of sulfonamides is 1. The normalized spacial score (nSPS) is 15.9. The van der Waals surface area contributed by atoms with Gasteiger partial charge in [-0.2, -0.15) is 0 Å². The third kappa shape index (κ3) is 6.33. The number of aryl methyl sites for hydroxylation is 2. The Morgan fingerprint density at radius 2 is 1.62 bits per heavy atom. The number of carbonyl (C=O) groups excluding carboxylic acids is 1. The summed E-state index contributed by atoms with van der Waals surface area (Å²) in [5, 5.41) is 2.96. The van der Waals surface area contributed by atoms with E-state index < -0.39 is 16.1 Å². The first-order chi connectivity index (χ1) is 15.1. The fraction of sp³-hybridized carbons (Fsp3) is 0.480. The molecule has 1 fully saturated rings. The third-order valence-electron chi connectivity index (χ3n) is 5.96. The second-order valence-electron chi connectivity index (χ2n) is 8.90. The van der Waals surface area contributed by atoms with Crippen molar-refractivity contribution in [1.29, 1.82) is 0 Å². The molecular weight excluding hydrogens is 422 g/mol. The van der Waals surface area contributed by atoms with Crippen molar-refractivity contribution in [2.45, 2.75) is 59.2 Å². The lowest BCUT2D eigenvalue weighted by Gasteiger charge is -2.29. The Hall–Kier alpha value is -2.38. The minimum atomic E-state index is -3.64. The average molecular weight is 458 g/mol. The third-order valence-corrected chi connectivity index (χ3v) is 7.21. The Bertz CT molecular complexity index is 1030. The zero-order valence-electron chi connectivity index (χ0n) is 19.6. The van der Waals surface area contributed by atoms with Gasteiger partial charge in [-0.1, -0.05) is 36.8 Å². The maximum atomic E-state index is 13.0. The first kappa shape index (κ1) is 24.3. The van der Waals surface area contributed by atoms with Crippen molar-refractivity contribution in [3.63, 3.8) is 0 Å². The number of benzene rings is 2. The SMILES string of the molecule is Cc1cc(C)cc(N([C@H](C)C(=O)NCc2ccccc2CN2CCCCC2)S(C)(=O)=O)c1. The van der Waals surface area contributed by atoms with Gasteiger partial charge in [0, 0.05) is 13.1 Å². The van der Waals surface area contributed by atoms with E-state index in [4.69, 9.17) is 0 Å². The molecule has 1 saturated heterocycles. The van der Waals surface area contributed by atoms with Crippen molar-refractivity contribution in [2.24, 2.45) is 0 Å². The van der Waals surface area contributed by atoms with E-state index in [0.717, 1.165) is 42.6 Å². The van der Waals surface area contributed by atoms with Gasteiger partial charge in [0.2, 0.25) is 15.9 Å². The minimum absolute atomic E-state index is 0.317. The van der Waals surface area contributed by atoms with Crippen LogP contribution in [0.4, 0.5) is 5.69 Å². The number of amides is 1. The smallest absolute Gasteiger partial charge is 0.243 e. The van der Waals surface area contributed by atoms with Gasteiger partial charge in [-0.3, -0.25) is 14.0 Å². The van der Waals surface area contributed by atoms with Gasteiger partial charge in [-0.25, -0.2) is 8.42 Å². The summed E-state index contributed by atoms with van der Waals surface area (Å²) in [5.41, 5.74) is 4.69. The summed E-state index contributed by atoms with van der Waals surface area (Å²) < 4.78 is 26.4. The number of nitrogens with one attached hydrogen (secondary N) is 1. The largest absolute Gasteiger partial charge is 0.350 e. The van der Waals surface area contributed by atoms with Gasteiger partial charge in [0.05, 0.1) is 11.9 Å². The van der Waals surface area contributed by atoms with Gasteiger partial charge < -0.3 is 5.32 Å². The highest BCUT2D eigenvalue weighted by Crippen LogP contribution is 2.24. The summed E-state index contributed by atoms with van der Waals surface area (Å²) in [5.74, 6) is -0.317. The molecule has 6 nitrogen and oxygen atoms in total. The van der Waals surface area contributed by atoms with Crippen LogP contribution in [-0.4, -0.2) is 44.6 Å². The van der Waals surface area contributed by atoms with Crippen molar-refractivity contribution in [3.05, 3.63) is 64.7 Å². The van der Waals surface area contributed by atoms with Gasteiger partial charge in [0.1, 0.15) is 6.04 Å². The molecule has 2 aromatic carbocycles.